The number of benzene rings is 3. The summed E-state index contributed by atoms with van der Waals surface area (Å²) in [5.74, 6) is -1.74. The van der Waals surface area contributed by atoms with Crippen LogP contribution in [0.2, 0.25) is 0 Å². The van der Waals surface area contributed by atoms with Crippen molar-refractivity contribution in [1.29, 1.82) is 0 Å². The number of carbonyl (C=O) groups is 2. The van der Waals surface area contributed by atoms with Crippen molar-refractivity contribution in [2.24, 2.45) is 0 Å². The average molecular weight is 485 g/mol. The Kier molecular flexibility index (Phi) is 5.59. The van der Waals surface area contributed by atoms with Gasteiger partial charge in [0.15, 0.2) is 0 Å². The SMILES string of the molecule is Cc1ccc(S(=O)(=O)N2C(=O)Cc3ccc(-c4cccc(NS(C)(=O)=O)c4)cc3C2=O)cc1. The highest BCUT2D eigenvalue weighted by atomic mass is 32.2. The van der Waals surface area contributed by atoms with E-state index in [4.69, 9.17) is 0 Å². The highest BCUT2D eigenvalue weighted by molar-refractivity contribution is 7.92. The Morgan fingerprint density at radius 2 is 1.52 bits per heavy atom. The molecule has 2 amide bonds. The number of nitrogens with zero attached hydrogens (tertiary/aromatic N) is 1. The molecule has 0 saturated heterocycles. The summed E-state index contributed by atoms with van der Waals surface area (Å²) in [5.41, 5.74) is 2.90. The van der Waals surface area contributed by atoms with Crippen LogP contribution in [0.1, 0.15) is 21.5 Å². The Bertz CT molecular complexity index is 1490. The number of rotatable bonds is 5. The molecule has 0 unspecified atom stereocenters. The number of nitrogens with one attached hydrogen (secondary N) is 1. The zero-order valence-electron chi connectivity index (χ0n) is 17.8. The molecular weight excluding hydrogens is 464 g/mol. The maximum atomic E-state index is 13.2. The van der Waals surface area contributed by atoms with E-state index in [-0.39, 0.29) is 16.9 Å². The van der Waals surface area contributed by atoms with Crippen molar-refractivity contribution in [1.82, 2.24) is 4.31 Å². The second-order valence-electron chi connectivity index (χ2n) is 7.79. The Morgan fingerprint density at radius 1 is 0.848 bits per heavy atom. The molecular formula is C23H20N2O6S2. The summed E-state index contributed by atoms with van der Waals surface area (Å²) >= 11 is 0. The van der Waals surface area contributed by atoms with Gasteiger partial charge in [-0.15, -0.1) is 0 Å². The van der Waals surface area contributed by atoms with Gasteiger partial charge in [0.1, 0.15) is 0 Å². The molecule has 0 radical (unpaired) electrons. The summed E-state index contributed by atoms with van der Waals surface area (Å²) in [5, 5.41) is 0. The van der Waals surface area contributed by atoms with Gasteiger partial charge in [-0.05, 0) is 53.9 Å². The van der Waals surface area contributed by atoms with E-state index in [1.165, 1.54) is 18.2 Å². The number of hydrogen-bond donors (Lipinski definition) is 1. The minimum atomic E-state index is -4.37. The highest BCUT2D eigenvalue weighted by Crippen LogP contribution is 2.31. The quantitative estimate of drug-likeness (QED) is 0.557. The average Bonchev–Trinajstić information content (AvgIpc) is 2.72. The number of sulfonamides is 2. The smallest absolute Gasteiger partial charge is 0.274 e. The molecule has 170 valence electrons. The minimum Gasteiger partial charge on any atom is -0.284 e. The number of imide groups is 1. The normalized spacial score (nSPS) is 14.2. The Labute approximate surface area is 192 Å². The lowest BCUT2D eigenvalue weighted by Gasteiger charge is -2.26. The zero-order valence-corrected chi connectivity index (χ0v) is 19.4. The molecule has 3 aromatic carbocycles. The molecule has 0 spiro atoms. The van der Waals surface area contributed by atoms with Crippen LogP contribution < -0.4 is 4.72 Å². The van der Waals surface area contributed by atoms with Gasteiger partial charge < -0.3 is 0 Å². The van der Waals surface area contributed by atoms with Crippen molar-refractivity contribution in [3.05, 3.63) is 83.4 Å². The van der Waals surface area contributed by atoms with E-state index in [1.807, 2.05) is 0 Å². The van der Waals surface area contributed by atoms with Crippen molar-refractivity contribution in [3.63, 3.8) is 0 Å². The molecule has 8 nitrogen and oxygen atoms in total. The molecule has 1 heterocycles. The molecule has 0 aliphatic carbocycles. The van der Waals surface area contributed by atoms with Crippen molar-refractivity contribution in [2.75, 3.05) is 11.0 Å². The summed E-state index contributed by atoms with van der Waals surface area (Å²) in [6.45, 7) is 1.80. The molecule has 0 atom stereocenters. The van der Waals surface area contributed by atoms with E-state index in [0.29, 0.717) is 26.7 Å². The van der Waals surface area contributed by atoms with E-state index >= 15 is 0 Å². The van der Waals surface area contributed by atoms with E-state index in [9.17, 15) is 26.4 Å². The van der Waals surface area contributed by atoms with Gasteiger partial charge in [0, 0.05) is 11.3 Å². The van der Waals surface area contributed by atoms with E-state index in [1.54, 1.807) is 55.5 Å². The Balaban J connectivity index is 1.74. The van der Waals surface area contributed by atoms with Crippen LogP contribution in [0.4, 0.5) is 5.69 Å². The van der Waals surface area contributed by atoms with Gasteiger partial charge in [0.05, 0.1) is 17.6 Å². The minimum absolute atomic E-state index is 0.101. The molecule has 33 heavy (non-hydrogen) atoms. The van der Waals surface area contributed by atoms with E-state index in [2.05, 4.69) is 4.72 Å². The highest BCUT2D eigenvalue weighted by Gasteiger charge is 2.40. The first kappa shape index (κ1) is 22.7. The second kappa shape index (κ2) is 8.13. The van der Waals surface area contributed by atoms with Crippen LogP contribution in [0.5, 0.6) is 0 Å². The summed E-state index contributed by atoms with van der Waals surface area (Å²) in [6.07, 6.45) is 0.805. The number of hydrogen-bond acceptors (Lipinski definition) is 6. The van der Waals surface area contributed by atoms with Crippen LogP contribution in [0.25, 0.3) is 11.1 Å². The van der Waals surface area contributed by atoms with Gasteiger partial charge in [-0.2, -0.15) is 4.31 Å². The fourth-order valence-corrected chi connectivity index (χ4v) is 5.50. The van der Waals surface area contributed by atoms with Gasteiger partial charge >= 0.3 is 0 Å². The summed E-state index contributed by atoms with van der Waals surface area (Å²) in [6, 6.07) is 17.3. The van der Waals surface area contributed by atoms with Gasteiger partial charge in [0.25, 0.3) is 15.9 Å². The number of fused-ring (bicyclic) bond motifs is 1. The molecule has 1 N–H and O–H groups in total. The fourth-order valence-electron chi connectivity index (χ4n) is 3.60. The molecule has 3 aromatic rings. The molecule has 0 aromatic heterocycles. The summed E-state index contributed by atoms with van der Waals surface area (Å²) in [4.78, 5) is 25.7. The third kappa shape index (κ3) is 4.53. The van der Waals surface area contributed by atoms with Crippen LogP contribution in [0.15, 0.2) is 71.6 Å². The van der Waals surface area contributed by atoms with E-state index in [0.717, 1.165) is 11.8 Å². The second-order valence-corrected chi connectivity index (χ2v) is 11.3. The first-order chi connectivity index (χ1) is 15.5. The van der Waals surface area contributed by atoms with Crippen LogP contribution in [0, 0.1) is 6.92 Å². The van der Waals surface area contributed by atoms with Crippen molar-refractivity contribution in [2.45, 2.75) is 18.2 Å². The molecule has 4 rings (SSSR count). The third-order valence-corrected chi connectivity index (χ3v) is 7.48. The molecule has 0 bridgehead atoms. The molecule has 0 saturated carbocycles. The van der Waals surface area contributed by atoms with Gasteiger partial charge in [-0.3, -0.25) is 14.3 Å². The lowest BCUT2D eigenvalue weighted by molar-refractivity contribution is -0.124. The predicted molar refractivity (Wildman–Crippen MR) is 124 cm³/mol. The molecule has 1 aliphatic heterocycles. The van der Waals surface area contributed by atoms with Crippen LogP contribution >= 0.6 is 0 Å². The van der Waals surface area contributed by atoms with Crippen LogP contribution in [0.3, 0.4) is 0 Å². The standard InChI is InChI=1S/C23H20N2O6S2/c1-15-6-10-20(11-7-15)33(30,31)25-22(26)14-18-9-8-17(13-21(18)23(25)27)16-4-3-5-19(12-16)24-32(2,28)29/h3-13,24H,14H2,1-2H3. The zero-order chi connectivity index (χ0) is 24.0. The van der Waals surface area contributed by atoms with E-state index < -0.39 is 31.9 Å². The number of aryl methyl sites for hydroxylation is 1. The fraction of sp³-hybridized carbons (Fsp3) is 0.130. The van der Waals surface area contributed by atoms with Crippen LogP contribution in [-0.4, -0.2) is 39.2 Å². The summed E-state index contributed by atoms with van der Waals surface area (Å²) < 4.78 is 51.9. The van der Waals surface area contributed by atoms with Crippen molar-refractivity contribution in [3.8, 4) is 11.1 Å². The topological polar surface area (TPSA) is 118 Å². The van der Waals surface area contributed by atoms with Crippen molar-refractivity contribution < 1.29 is 26.4 Å². The molecule has 1 aliphatic rings. The summed E-state index contributed by atoms with van der Waals surface area (Å²) in [7, 11) is -7.84. The molecule has 10 heteroatoms. The number of amides is 2. The van der Waals surface area contributed by atoms with Crippen molar-refractivity contribution >= 4 is 37.5 Å². The third-order valence-electron chi connectivity index (χ3n) is 5.15. The van der Waals surface area contributed by atoms with Gasteiger partial charge in [-0.1, -0.05) is 42.0 Å². The van der Waals surface area contributed by atoms with Gasteiger partial charge in [-0.25, -0.2) is 16.8 Å². The number of anilines is 1. The predicted octanol–water partition coefficient (Wildman–Crippen LogP) is 2.95. The lowest BCUT2D eigenvalue weighted by Crippen LogP contribution is -2.46. The monoisotopic (exact) mass is 484 g/mol. The lowest BCUT2D eigenvalue weighted by atomic mass is 9.94. The maximum absolute atomic E-state index is 13.2. The first-order valence-corrected chi connectivity index (χ1v) is 13.2. The largest absolute Gasteiger partial charge is 0.284 e. The number of carbonyl (C=O) groups excluding carboxylic acids is 2. The van der Waals surface area contributed by atoms with Crippen LogP contribution in [-0.2, 0) is 31.3 Å². The first-order valence-electron chi connectivity index (χ1n) is 9.86. The Morgan fingerprint density at radius 3 is 2.18 bits per heavy atom. The van der Waals surface area contributed by atoms with Gasteiger partial charge in [0.2, 0.25) is 15.9 Å². The maximum Gasteiger partial charge on any atom is 0.274 e. The molecule has 0 fully saturated rings. The Hall–Kier alpha value is -3.50.